The molecule has 2 aromatic rings. The lowest BCUT2D eigenvalue weighted by Crippen LogP contribution is -2.33. The highest BCUT2D eigenvalue weighted by molar-refractivity contribution is 5.83. The number of nitrogens with zero attached hydrogens (tertiary/aromatic N) is 2. The first kappa shape index (κ1) is 12.0. The average Bonchev–Trinajstić information content (AvgIpc) is 3.11. The van der Waals surface area contributed by atoms with E-state index in [2.05, 4.69) is 4.98 Å². The summed E-state index contributed by atoms with van der Waals surface area (Å²) in [6.45, 7) is 0. The number of para-hydroxylation sites is 1. The third kappa shape index (κ3) is 1.84. The molecule has 0 radical (unpaired) electrons. The monoisotopic (exact) mass is 256 g/mol. The molecule has 1 aliphatic rings. The molecule has 1 aliphatic carbocycles. The van der Waals surface area contributed by atoms with Crippen LogP contribution in [0, 0.1) is 0 Å². The first-order valence-electron chi connectivity index (χ1n) is 6.55. The molecule has 0 aliphatic heterocycles. The molecule has 0 spiro atoms. The SMILES string of the molecule is O=C(O)C1(c2ccccc2-n2ccnc2)CCCC1. The predicted octanol–water partition coefficient (Wildman–Crippen LogP) is 2.77. The van der Waals surface area contributed by atoms with Gasteiger partial charge in [0.25, 0.3) is 0 Å². The minimum absolute atomic E-state index is 0.711. The molecule has 0 bridgehead atoms. The van der Waals surface area contributed by atoms with Gasteiger partial charge >= 0.3 is 5.97 Å². The van der Waals surface area contributed by atoms with E-state index in [4.69, 9.17) is 0 Å². The van der Waals surface area contributed by atoms with Gasteiger partial charge in [-0.3, -0.25) is 4.79 Å². The number of rotatable bonds is 3. The molecule has 0 unspecified atom stereocenters. The Morgan fingerprint density at radius 2 is 2.00 bits per heavy atom. The second kappa shape index (κ2) is 4.53. The average molecular weight is 256 g/mol. The summed E-state index contributed by atoms with van der Waals surface area (Å²) in [7, 11) is 0. The Hall–Kier alpha value is -2.10. The van der Waals surface area contributed by atoms with Gasteiger partial charge in [0.2, 0.25) is 0 Å². The molecule has 3 rings (SSSR count). The Balaban J connectivity index is 2.17. The molecule has 4 nitrogen and oxygen atoms in total. The number of hydrogen-bond acceptors (Lipinski definition) is 2. The van der Waals surface area contributed by atoms with Crippen molar-refractivity contribution >= 4 is 5.97 Å². The second-order valence-corrected chi connectivity index (χ2v) is 5.08. The topological polar surface area (TPSA) is 55.1 Å². The summed E-state index contributed by atoms with van der Waals surface area (Å²) in [6, 6.07) is 7.75. The molecule has 1 fully saturated rings. The normalized spacial score (nSPS) is 17.5. The number of carboxylic acid groups (broad SMARTS) is 1. The van der Waals surface area contributed by atoms with E-state index in [1.54, 1.807) is 12.5 Å². The van der Waals surface area contributed by atoms with Gasteiger partial charge in [0.05, 0.1) is 17.4 Å². The first-order valence-corrected chi connectivity index (χ1v) is 6.55. The van der Waals surface area contributed by atoms with Gasteiger partial charge < -0.3 is 9.67 Å². The fraction of sp³-hybridized carbons (Fsp3) is 0.333. The van der Waals surface area contributed by atoms with Crippen LogP contribution in [-0.2, 0) is 10.2 Å². The van der Waals surface area contributed by atoms with E-state index in [0.29, 0.717) is 12.8 Å². The summed E-state index contributed by atoms with van der Waals surface area (Å²) in [4.78, 5) is 15.9. The van der Waals surface area contributed by atoms with Crippen molar-refractivity contribution in [1.82, 2.24) is 9.55 Å². The van der Waals surface area contributed by atoms with E-state index in [1.807, 2.05) is 35.0 Å². The summed E-state index contributed by atoms with van der Waals surface area (Å²) in [5, 5.41) is 9.71. The lowest BCUT2D eigenvalue weighted by molar-refractivity contribution is -0.143. The lowest BCUT2D eigenvalue weighted by atomic mass is 9.78. The number of aliphatic carboxylic acids is 1. The highest BCUT2D eigenvalue weighted by Crippen LogP contribution is 2.43. The predicted molar refractivity (Wildman–Crippen MR) is 71.3 cm³/mol. The minimum Gasteiger partial charge on any atom is -0.481 e. The highest BCUT2D eigenvalue weighted by Gasteiger charge is 2.44. The van der Waals surface area contributed by atoms with Crippen molar-refractivity contribution in [2.75, 3.05) is 0 Å². The molecule has 1 aromatic carbocycles. The summed E-state index contributed by atoms with van der Waals surface area (Å²) < 4.78 is 1.89. The zero-order valence-electron chi connectivity index (χ0n) is 10.6. The number of imidazole rings is 1. The van der Waals surface area contributed by atoms with Crippen LogP contribution in [0.1, 0.15) is 31.2 Å². The fourth-order valence-electron chi connectivity index (χ4n) is 3.08. The van der Waals surface area contributed by atoms with Crippen molar-refractivity contribution in [3.05, 3.63) is 48.5 Å². The van der Waals surface area contributed by atoms with E-state index >= 15 is 0 Å². The lowest BCUT2D eigenvalue weighted by Gasteiger charge is -2.27. The van der Waals surface area contributed by atoms with Crippen molar-refractivity contribution in [3.8, 4) is 5.69 Å². The Morgan fingerprint density at radius 3 is 2.63 bits per heavy atom. The van der Waals surface area contributed by atoms with Crippen molar-refractivity contribution in [3.63, 3.8) is 0 Å². The molecule has 0 atom stereocenters. The van der Waals surface area contributed by atoms with Gasteiger partial charge in [-0.25, -0.2) is 4.98 Å². The first-order chi connectivity index (χ1) is 9.24. The van der Waals surface area contributed by atoms with Gasteiger partial charge in [-0.2, -0.15) is 0 Å². The third-order valence-corrected chi connectivity index (χ3v) is 4.07. The maximum absolute atomic E-state index is 11.8. The second-order valence-electron chi connectivity index (χ2n) is 5.08. The molecule has 98 valence electrons. The zero-order chi connectivity index (χ0) is 13.3. The van der Waals surface area contributed by atoms with Crippen LogP contribution in [0.4, 0.5) is 0 Å². The van der Waals surface area contributed by atoms with Gasteiger partial charge in [0.1, 0.15) is 0 Å². The third-order valence-electron chi connectivity index (χ3n) is 4.07. The quantitative estimate of drug-likeness (QED) is 0.918. The van der Waals surface area contributed by atoms with E-state index in [9.17, 15) is 9.90 Å². The Labute approximate surface area is 111 Å². The van der Waals surface area contributed by atoms with Crippen LogP contribution in [0.3, 0.4) is 0 Å². The molecule has 0 saturated heterocycles. The van der Waals surface area contributed by atoms with Crippen LogP contribution in [-0.4, -0.2) is 20.6 Å². The molecule has 4 heteroatoms. The van der Waals surface area contributed by atoms with Gasteiger partial charge in [0, 0.05) is 12.4 Å². The molecule has 1 aromatic heterocycles. The Bertz CT molecular complexity index is 584. The standard InChI is InChI=1S/C15H16N2O2/c18-14(19)15(7-3-4-8-15)12-5-1-2-6-13(12)17-10-9-16-11-17/h1-2,5-6,9-11H,3-4,7-8H2,(H,18,19). The minimum atomic E-state index is -0.735. The van der Waals surface area contributed by atoms with Crippen LogP contribution in [0.5, 0.6) is 0 Å². The van der Waals surface area contributed by atoms with Crippen molar-refractivity contribution in [2.45, 2.75) is 31.1 Å². The van der Waals surface area contributed by atoms with Crippen LogP contribution in [0.2, 0.25) is 0 Å². The maximum Gasteiger partial charge on any atom is 0.314 e. The number of benzene rings is 1. The maximum atomic E-state index is 11.8. The summed E-state index contributed by atoms with van der Waals surface area (Å²) in [5.74, 6) is -0.711. The highest BCUT2D eigenvalue weighted by atomic mass is 16.4. The smallest absolute Gasteiger partial charge is 0.314 e. The van der Waals surface area contributed by atoms with Crippen LogP contribution in [0.15, 0.2) is 43.0 Å². The van der Waals surface area contributed by atoms with E-state index in [1.165, 1.54) is 0 Å². The van der Waals surface area contributed by atoms with Gasteiger partial charge in [0.15, 0.2) is 0 Å². The van der Waals surface area contributed by atoms with E-state index < -0.39 is 11.4 Å². The van der Waals surface area contributed by atoms with Crippen molar-refractivity contribution in [1.29, 1.82) is 0 Å². The Kier molecular flexibility index (Phi) is 2.85. The van der Waals surface area contributed by atoms with Crippen molar-refractivity contribution < 1.29 is 9.90 Å². The van der Waals surface area contributed by atoms with Crippen LogP contribution >= 0.6 is 0 Å². The molecule has 1 heterocycles. The van der Waals surface area contributed by atoms with Crippen molar-refractivity contribution in [2.24, 2.45) is 0 Å². The largest absolute Gasteiger partial charge is 0.481 e. The molecule has 19 heavy (non-hydrogen) atoms. The molecule has 1 N–H and O–H groups in total. The number of carboxylic acids is 1. The number of aromatic nitrogens is 2. The fourth-order valence-corrected chi connectivity index (χ4v) is 3.08. The van der Waals surface area contributed by atoms with Gasteiger partial charge in [-0.15, -0.1) is 0 Å². The Morgan fingerprint density at radius 1 is 1.26 bits per heavy atom. The van der Waals surface area contributed by atoms with Crippen LogP contribution < -0.4 is 0 Å². The van der Waals surface area contributed by atoms with Crippen LogP contribution in [0.25, 0.3) is 5.69 Å². The summed E-state index contributed by atoms with van der Waals surface area (Å²) in [6.07, 6.45) is 8.66. The van der Waals surface area contributed by atoms with E-state index in [0.717, 1.165) is 24.1 Å². The molecule has 1 saturated carbocycles. The van der Waals surface area contributed by atoms with Gasteiger partial charge in [-0.05, 0) is 24.5 Å². The zero-order valence-corrected chi connectivity index (χ0v) is 10.6. The summed E-state index contributed by atoms with van der Waals surface area (Å²) in [5.41, 5.74) is 1.09. The molecular formula is C15H16N2O2. The van der Waals surface area contributed by atoms with Gasteiger partial charge in [-0.1, -0.05) is 31.0 Å². The summed E-state index contributed by atoms with van der Waals surface area (Å²) >= 11 is 0. The molecule has 0 amide bonds. The molecular weight excluding hydrogens is 240 g/mol. The number of hydrogen-bond donors (Lipinski definition) is 1. The number of carbonyl (C=O) groups is 1. The van der Waals surface area contributed by atoms with E-state index in [-0.39, 0.29) is 0 Å².